The average molecular weight is 264 g/mol. The van der Waals surface area contributed by atoms with E-state index in [0.717, 1.165) is 43.9 Å². The Bertz CT molecular complexity index is 391. The summed E-state index contributed by atoms with van der Waals surface area (Å²) in [5.74, 6) is 1.62. The van der Waals surface area contributed by atoms with Crippen LogP contribution in [0, 0.1) is 6.92 Å². The summed E-state index contributed by atoms with van der Waals surface area (Å²) in [6.07, 6.45) is 6.78. The predicted octanol–water partition coefficient (Wildman–Crippen LogP) is 2.59. The van der Waals surface area contributed by atoms with E-state index in [1.807, 2.05) is 13.1 Å². The highest BCUT2D eigenvalue weighted by atomic mass is 16.5. The maximum Gasteiger partial charge on any atom is 0.224 e. The number of hydrogen-bond donors (Lipinski definition) is 2. The molecule has 2 N–H and O–H groups in total. The number of nitrogens with one attached hydrogen (secondary N) is 2. The second kappa shape index (κ2) is 7.28. The Morgan fingerprint density at radius 3 is 3.00 bits per heavy atom. The van der Waals surface area contributed by atoms with E-state index in [2.05, 4.69) is 27.5 Å². The third kappa shape index (κ3) is 4.35. The minimum atomic E-state index is 0.423. The molecule has 19 heavy (non-hydrogen) atoms. The molecule has 1 unspecified atom stereocenters. The summed E-state index contributed by atoms with van der Waals surface area (Å²) >= 11 is 0. The van der Waals surface area contributed by atoms with Crippen molar-refractivity contribution < 1.29 is 4.74 Å². The van der Waals surface area contributed by atoms with E-state index in [9.17, 15) is 0 Å². The first-order valence-electron chi connectivity index (χ1n) is 7.22. The Hall–Kier alpha value is -1.36. The Morgan fingerprint density at radius 2 is 2.26 bits per heavy atom. The van der Waals surface area contributed by atoms with Crippen molar-refractivity contribution in [2.24, 2.45) is 0 Å². The molecule has 0 bridgehead atoms. The zero-order valence-electron chi connectivity index (χ0n) is 11.9. The van der Waals surface area contributed by atoms with Crippen LogP contribution in [-0.4, -0.2) is 35.8 Å². The van der Waals surface area contributed by atoms with Crippen LogP contribution in [0.2, 0.25) is 0 Å². The van der Waals surface area contributed by atoms with Crippen molar-refractivity contribution in [1.29, 1.82) is 0 Å². The summed E-state index contributed by atoms with van der Waals surface area (Å²) in [6, 6.07) is 0. The Labute approximate surface area is 115 Å². The van der Waals surface area contributed by atoms with E-state index in [4.69, 9.17) is 4.74 Å². The zero-order valence-corrected chi connectivity index (χ0v) is 11.9. The van der Waals surface area contributed by atoms with Gasteiger partial charge in [0.05, 0.1) is 6.10 Å². The van der Waals surface area contributed by atoms with Crippen LogP contribution in [0.25, 0.3) is 0 Å². The first kappa shape index (κ1) is 14.1. The van der Waals surface area contributed by atoms with Crippen LogP contribution >= 0.6 is 0 Å². The van der Waals surface area contributed by atoms with Gasteiger partial charge in [0, 0.05) is 31.5 Å². The quantitative estimate of drug-likeness (QED) is 0.792. The fourth-order valence-electron chi connectivity index (χ4n) is 2.17. The van der Waals surface area contributed by atoms with Crippen molar-refractivity contribution in [3.8, 4) is 0 Å². The Balaban J connectivity index is 1.83. The van der Waals surface area contributed by atoms with Crippen LogP contribution in [0.4, 0.5) is 11.8 Å². The minimum absolute atomic E-state index is 0.423. The van der Waals surface area contributed by atoms with Crippen LogP contribution in [0.1, 0.15) is 38.2 Å². The van der Waals surface area contributed by atoms with Crippen molar-refractivity contribution in [3.63, 3.8) is 0 Å². The number of aryl methyl sites for hydroxylation is 1. The summed E-state index contributed by atoms with van der Waals surface area (Å²) in [5.41, 5.74) is 1.08. The molecule has 1 aromatic heterocycles. The standard InChI is InChI=1S/C14H24N4O/c1-3-7-16-14-17-10-11(2)13(18-14)15-8-6-12-5-4-9-19-12/h10,12H,3-9H2,1-2H3,(H2,15,16,17,18). The molecule has 0 radical (unpaired) electrons. The van der Waals surface area contributed by atoms with Crippen LogP contribution in [0.3, 0.4) is 0 Å². The van der Waals surface area contributed by atoms with Gasteiger partial charge in [-0.3, -0.25) is 0 Å². The fourth-order valence-corrected chi connectivity index (χ4v) is 2.17. The maximum absolute atomic E-state index is 5.61. The van der Waals surface area contributed by atoms with Crippen molar-refractivity contribution in [1.82, 2.24) is 9.97 Å². The van der Waals surface area contributed by atoms with Crippen molar-refractivity contribution in [3.05, 3.63) is 11.8 Å². The van der Waals surface area contributed by atoms with E-state index < -0.39 is 0 Å². The number of hydrogen-bond acceptors (Lipinski definition) is 5. The Kier molecular flexibility index (Phi) is 5.39. The van der Waals surface area contributed by atoms with Gasteiger partial charge in [-0.05, 0) is 32.6 Å². The van der Waals surface area contributed by atoms with E-state index in [1.165, 1.54) is 12.8 Å². The number of aromatic nitrogens is 2. The lowest BCUT2D eigenvalue weighted by Gasteiger charge is -2.13. The SMILES string of the molecule is CCCNc1ncc(C)c(NCCC2CCCO2)n1. The van der Waals surface area contributed by atoms with Gasteiger partial charge in [0.25, 0.3) is 0 Å². The van der Waals surface area contributed by atoms with Gasteiger partial charge in [0.1, 0.15) is 5.82 Å². The lowest BCUT2D eigenvalue weighted by atomic mass is 10.2. The number of nitrogens with zero attached hydrogens (tertiary/aromatic N) is 2. The number of ether oxygens (including phenoxy) is 1. The van der Waals surface area contributed by atoms with Crippen molar-refractivity contribution in [2.75, 3.05) is 30.3 Å². The third-order valence-electron chi connectivity index (χ3n) is 3.29. The molecule has 1 fully saturated rings. The lowest BCUT2D eigenvalue weighted by molar-refractivity contribution is 0.107. The maximum atomic E-state index is 5.61. The monoisotopic (exact) mass is 264 g/mol. The highest BCUT2D eigenvalue weighted by Crippen LogP contribution is 2.17. The first-order valence-corrected chi connectivity index (χ1v) is 7.22. The molecule has 1 aliphatic rings. The highest BCUT2D eigenvalue weighted by Gasteiger charge is 2.14. The molecule has 1 atom stereocenters. The largest absolute Gasteiger partial charge is 0.378 e. The lowest BCUT2D eigenvalue weighted by Crippen LogP contribution is -2.14. The van der Waals surface area contributed by atoms with Gasteiger partial charge in [-0.1, -0.05) is 6.92 Å². The number of rotatable bonds is 7. The van der Waals surface area contributed by atoms with Crippen LogP contribution in [-0.2, 0) is 4.74 Å². The van der Waals surface area contributed by atoms with E-state index in [0.29, 0.717) is 12.1 Å². The van der Waals surface area contributed by atoms with Gasteiger partial charge in [-0.2, -0.15) is 4.98 Å². The van der Waals surface area contributed by atoms with Gasteiger partial charge in [0.2, 0.25) is 5.95 Å². The normalized spacial score (nSPS) is 18.5. The molecule has 0 amide bonds. The molecule has 5 heteroatoms. The van der Waals surface area contributed by atoms with Gasteiger partial charge in [-0.15, -0.1) is 0 Å². The summed E-state index contributed by atoms with van der Waals surface area (Å²) in [6.45, 7) is 6.87. The highest BCUT2D eigenvalue weighted by molar-refractivity contribution is 5.46. The molecule has 0 spiro atoms. The summed E-state index contributed by atoms with van der Waals surface area (Å²) in [4.78, 5) is 8.77. The predicted molar refractivity (Wildman–Crippen MR) is 77.6 cm³/mol. The Morgan fingerprint density at radius 1 is 1.37 bits per heavy atom. The third-order valence-corrected chi connectivity index (χ3v) is 3.29. The van der Waals surface area contributed by atoms with E-state index in [1.54, 1.807) is 0 Å². The van der Waals surface area contributed by atoms with Crippen molar-refractivity contribution >= 4 is 11.8 Å². The van der Waals surface area contributed by atoms with Crippen LogP contribution in [0.15, 0.2) is 6.20 Å². The van der Waals surface area contributed by atoms with Crippen molar-refractivity contribution in [2.45, 2.75) is 45.6 Å². The van der Waals surface area contributed by atoms with E-state index in [-0.39, 0.29) is 0 Å². The molecule has 1 aromatic rings. The molecular weight excluding hydrogens is 240 g/mol. The molecule has 1 saturated heterocycles. The molecule has 2 heterocycles. The van der Waals surface area contributed by atoms with Crippen LogP contribution < -0.4 is 10.6 Å². The second-order valence-corrected chi connectivity index (χ2v) is 5.00. The summed E-state index contributed by atoms with van der Waals surface area (Å²) < 4.78 is 5.61. The summed E-state index contributed by atoms with van der Waals surface area (Å²) in [7, 11) is 0. The molecule has 5 nitrogen and oxygen atoms in total. The molecule has 106 valence electrons. The first-order chi connectivity index (χ1) is 9.29. The smallest absolute Gasteiger partial charge is 0.224 e. The topological polar surface area (TPSA) is 59.1 Å². The van der Waals surface area contributed by atoms with E-state index >= 15 is 0 Å². The number of anilines is 2. The molecule has 0 aromatic carbocycles. The average Bonchev–Trinajstić information content (AvgIpc) is 2.92. The fraction of sp³-hybridized carbons (Fsp3) is 0.714. The molecular formula is C14H24N4O. The van der Waals surface area contributed by atoms with Gasteiger partial charge in [-0.25, -0.2) is 4.98 Å². The minimum Gasteiger partial charge on any atom is -0.378 e. The molecule has 0 saturated carbocycles. The zero-order chi connectivity index (χ0) is 13.5. The molecule has 0 aliphatic carbocycles. The van der Waals surface area contributed by atoms with Crippen LogP contribution in [0.5, 0.6) is 0 Å². The van der Waals surface area contributed by atoms with Gasteiger partial charge < -0.3 is 15.4 Å². The van der Waals surface area contributed by atoms with Gasteiger partial charge in [0.15, 0.2) is 0 Å². The summed E-state index contributed by atoms with van der Waals surface area (Å²) in [5, 5.41) is 6.59. The molecule has 2 rings (SSSR count). The molecule has 1 aliphatic heterocycles. The van der Waals surface area contributed by atoms with Gasteiger partial charge >= 0.3 is 0 Å². The second-order valence-electron chi connectivity index (χ2n) is 5.00.